The van der Waals surface area contributed by atoms with E-state index in [4.69, 9.17) is 0 Å². The fraction of sp³-hybridized carbons (Fsp3) is 0.143. The average Bonchev–Trinajstić information content (AvgIpc) is 3.00. The first-order valence-corrected chi connectivity index (χ1v) is 9.46. The monoisotopic (exact) mass is 433 g/mol. The molecule has 7 nitrogen and oxygen atoms in total. The summed E-state index contributed by atoms with van der Waals surface area (Å²) in [6, 6.07) is 6.85. The number of hydrogen-bond acceptors (Lipinski definition) is 7. The number of carbonyl (C=O) groups is 2. The summed E-state index contributed by atoms with van der Waals surface area (Å²) in [7, 11) is -1.50. The second-order valence-electron chi connectivity index (χ2n) is 4.45. The van der Waals surface area contributed by atoms with Gasteiger partial charge < -0.3 is 9.47 Å². The van der Waals surface area contributed by atoms with Crippen LogP contribution < -0.4 is 4.72 Å². The third-order valence-electron chi connectivity index (χ3n) is 2.84. The SMILES string of the molecule is COC(=O)c1cc(NS(=O)(=O)c2ccc(Br)s2)cc(C(=O)OC)c1. The van der Waals surface area contributed by atoms with Crippen molar-refractivity contribution in [3.8, 4) is 0 Å². The minimum atomic E-state index is -3.86. The van der Waals surface area contributed by atoms with E-state index in [1.807, 2.05) is 0 Å². The van der Waals surface area contributed by atoms with Gasteiger partial charge in [0.15, 0.2) is 0 Å². The normalized spacial score (nSPS) is 11.0. The van der Waals surface area contributed by atoms with E-state index in [2.05, 4.69) is 30.1 Å². The topological polar surface area (TPSA) is 98.8 Å². The Morgan fingerprint density at radius 2 is 1.58 bits per heavy atom. The third-order valence-corrected chi connectivity index (χ3v) is 6.34. The Balaban J connectivity index is 2.45. The van der Waals surface area contributed by atoms with E-state index in [1.54, 1.807) is 6.07 Å². The van der Waals surface area contributed by atoms with Gasteiger partial charge in [-0.05, 0) is 46.3 Å². The lowest BCUT2D eigenvalue weighted by Crippen LogP contribution is -2.14. The first-order chi connectivity index (χ1) is 11.3. The molecule has 10 heteroatoms. The summed E-state index contributed by atoms with van der Waals surface area (Å²) in [4.78, 5) is 23.4. The number of esters is 2. The summed E-state index contributed by atoms with van der Waals surface area (Å²) in [6.07, 6.45) is 0. The van der Waals surface area contributed by atoms with Crippen LogP contribution in [0.4, 0.5) is 5.69 Å². The van der Waals surface area contributed by atoms with E-state index in [0.717, 1.165) is 11.3 Å². The van der Waals surface area contributed by atoms with Crippen LogP contribution in [0.25, 0.3) is 0 Å². The highest BCUT2D eigenvalue weighted by Crippen LogP contribution is 2.28. The first-order valence-electron chi connectivity index (χ1n) is 6.36. The van der Waals surface area contributed by atoms with Crippen LogP contribution in [-0.4, -0.2) is 34.6 Å². The number of nitrogens with one attached hydrogen (secondary N) is 1. The Morgan fingerprint density at radius 3 is 2.00 bits per heavy atom. The third kappa shape index (κ3) is 4.13. The summed E-state index contributed by atoms with van der Waals surface area (Å²) in [5.41, 5.74) is 0.0822. The first kappa shape index (κ1) is 18.4. The van der Waals surface area contributed by atoms with Crippen LogP contribution in [0, 0.1) is 0 Å². The Hall–Kier alpha value is -1.91. The van der Waals surface area contributed by atoms with Crippen LogP contribution in [-0.2, 0) is 19.5 Å². The number of benzene rings is 1. The molecule has 0 aliphatic rings. The summed E-state index contributed by atoms with van der Waals surface area (Å²) in [5, 5.41) is 0. The van der Waals surface area contributed by atoms with Crippen molar-refractivity contribution >= 4 is 54.9 Å². The highest BCUT2D eigenvalue weighted by atomic mass is 79.9. The van der Waals surface area contributed by atoms with Crippen LogP contribution >= 0.6 is 27.3 Å². The second kappa shape index (κ2) is 7.32. The zero-order valence-corrected chi connectivity index (χ0v) is 15.7. The molecule has 0 radical (unpaired) electrons. The molecule has 0 unspecified atom stereocenters. The second-order valence-corrected chi connectivity index (χ2v) is 8.82. The van der Waals surface area contributed by atoms with Gasteiger partial charge in [-0.2, -0.15) is 0 Å². The molecule has 2 aromatic rings. The fourth-order valence-electron chi connectivity index (χ4n) is 1.81. The molecule has 0 saturated heterocycles. The van der Waals surface area contributed by atoms with Gasteiger partial charge in [0.25, 0.3) is 10.0 Å². The van der Waals surface area contributed by atoms with Gasteiger partial charge in [0, 0.05) is 0 Å². The quantitative estimate of drug-likeness (QED) is 0.727. The smallest absolute Gasteiger partial charge is 0.337 e. The van der Waals surface area contributed by atoms with Crippen LogP contribution in [0.1, 0.15) is 20.7 Å². The molecule has 0 bridgehead atoms. The molecule has 0 atom stereocenters. The van der Waals surface area contributed by atoms with Crippen molar-refractivity contribution in [1.29, 1.82) is 0 Å². The van der Waals surface area contributed by atoms with Crippen LogP contribution in [0.3, 0.4) is 0 Å². The van der Waals surface area contributed by atoms with Crippen molar-refractivity contribution in [2.75, 3.05) is 18.9 Å². The van der Waals surface area contributed by atoms with Gasteiger partial charge in [-0.15, -0.1) is 11.3 Å². The molecule has 1 aromatic carbocycles. The van der Waals surface area contributed by atoms with Crippen molar-refractivity contribution < 1.29 is 27.5 Å². The van der Waals surface area contributed by atoms with E-state index in [-0.39, 0.29) is 21.0 Å². The van der Waals surface area contributed by atoms with Crippen molar-refractivity contribution in [2.24, 2.45) is 0 Å². The Labute approximate surface area is 150 Å². The van der Waals surface area contributed by atoms with Gasteiger partial charge in [-0.3, -0.25) is 4.72 Å². The lowest BCUT2D eigenvalue weighted by atomic mass is 10.1. The summed E-state index contributed by atoms with van der Waals surface area (Å²) >= 11 is 4.22. The van der Waals surface area contributed by atoms with Crippen molar-refractivity contribution in [3.05, 3.63) is 45.2 Å². The molecule has 128 valence electrons. The number of methoxy groups -OCH3 is 2. The Kier molecular flexibility index (Phi) is 5.62. The lowest BCUT2D eigenvalue weighted by molar-refractivity contribution is 0.0599. The zero-order chi connectivity index (χ0) is 17.9. The number of hydrogen-bond donors (Lipinski definition) is 1. The maximum Gasteiger partial charge on any atom is 0.337 e. The molecule has 24 heavy (non-hydrogen) atoms. The maximum atomic E-state index is 12.4. The minimum Gasteiger partial charge on any atom is -0.465 e. The van der Waals surface area contributed by atoms with Crippen LogP contribution in [0.5, 0.6) is 0 Å². The molecular formula is C14H12BrNO6S2. The molecule has 1 N–H and O–H groups in total. The summed E-state index contributed by atoms with van der Waals surface area (Å²) < 4.78 is 37.0. The molecule has 1 heterocycles. The van der Waals surface area contributed by atoms with Gasteiger partial charge in [0.2, 0.25) is 0 Å². The largest absolute Gasteiger partial charge is 0.465 e. The minimum absolute atomic E-state index is 0.0189. The van der Waals surface area contributed by atoms with Crippen LogP contribution in [0.15, 0.2) is 38.3 Å². The van der Waals surface area contributed by atoms with E-state index < -0.39 is 22.0 Å². The van der Waals surface area contributed by atoms with Gasteiger partial charge in [0.05, 0.1) is 34.8 Å². The predicted molar refractivity (Wildman–Crippen MR) is 91.9 cm³/mol. The molecule has 0 amide bonds. The average molecular weight is 434 g/mol. The Bertz CT molecular complexity index is 856. The highest BCUT2D eigenvalue weighted by molar-refractivity contribution is 9.11. The fourth-order valence-corrected chi connectivity index (χ4v) is 4.86. The molecular weight excluding hydrogens is 422 g/mol. The molecule has 1 aromatic heterocycles. The van der Waals surface area contributed by atoms with E-state index >= 15 is 0 Å². The summed E-state index contributed by atoms with van der Waals surface area (Å²) in [6.45, 7) is 0. The predicted octanol–water partition coefficient (Wildman–Crippen LogP) is 2.88. The maximum absolute atomic E-state index is 12.4. The number of rotatable bonds is 5. The Morgan fingerprint density at radius 1 is 1.04 bits per heavy atom. The molecule has 0 spiro atoms. The van der Waals surface area contributed by atoms with E-state index in [0.29, 0.717) is 3.79 Å². The summed E-state index contributed by atoms with van der Waals surface area (Å²) in [5.74, 6) is -1.42. The molecule has 2 rings (SSSR count). The standard InChI is InChI=1S/C14H12BrNO6S2/c1-21-13(17)8-5-9(14(18)22-2)7-10(6-8)16-24(19,20)12-4-3-11(15)23-12/h3-7,16H,1-2H3. The van der Waals surface area contributed by atoms with Crippen molar-refractivity contribution in [3.63, 3.8) is 0 Å². The number of anilines is 1. The van der Waals surface area contributed by atoms with Gasteiger partial charge >= 0.3 is 11.9 Å². The molecule has 0 aliphatic heterocycles. The number of thiophene rings is 1. The number of carbonyl (C=O) groups excluding carboxylic acids is 2. The van der Waals surface area contributed by atoms with Gasteiger partial charge in [-0.1, -0.05) is 0 Å². The van der Waals surface area contributed by atoms with Crippen LogP contribution in [0.2, 0.25) is 0 Å². The number of sulfonamides is 1. The zero-order valence-electron chi connectivity index (χ0n) is 12.5. The van der Waals surface area contributed by atoms with Crippen molar-refractivity contribution in [1.82, 2.24) is 0 Å². The number of halogens is 1. The van der Waals surface area contributed by atoms with E-state index in [9.17, 15) is 18.0 Å². The molecule has 0 saturated carbocycles. The lowest BCUT2D eigenvalue weighted by Gasteiger charge is -2.10. The van der Waals surface area contributed by atoms with E-state index in [1.165, 1.54) is 38.5 Å². The number of ether oxygens (including phenoxy) is 2. The van der Waals surface area contributed by atoms with Gasteiger partial charge in [0.1, 0.15) is 4.21 Å². The van der Waals surface area contributed by atoms with Crippen molar-refractivity contribution in [2.45, 2.75) is 4.21 Å². The van der Waals surface area contributed by atoms with Gasteiger partial charge in [-0.25, -0.2) is 18.0 Å². The highest BCUT2D eigenvalue weighted by Gasteiger charge is 2.20. The molecule has 0 fully saturated rings. The molecule has 0 aliphatic carbocycles.